The SMILES string of the molecule is [2H]c1c([2H])c([2H])c(N=Cn2c3cc(Oc4ccc5c6cc(-c7ccc8c(c7)C(C)(C)CCC8(C)C)ccc6n(-c6cc(C(C)(C)C)ccn6)c5c4)ccc3c3ccccc3c3ccccc3c3c(-c4c([2H])c([2H])c([2H])c([2H])c4[2H])ccc(C)c32)c([2H])c1[2H]. The van der Waals surface area contributed by atoms with Crippen LogP contribution in [0.3, 0.4) is 0 Å². The highest BCUT2D eigenvalue weighted by atomic mass is 16.5. The third-order valence-electron chi connectivity index (χ3n) is 16.1. The van der Waals surface area contributed by atoms with Crippen molar-refractivity contribution in [1.29, 1.82) is 0 Å². The standard InChI is InChI=1S/C73H64N4O/c1-47-27-32-55(48-19-11-9-12-20-48)69-61-26-18-17-25-58(61)56-23-15-16-24-57(56)59-33-30-53(44-66(59)76(70(47)69)46-75-52-21-13-10-14-22-52)78-54-31-34-60-62-41-49(50-28-35-63-64(42-50)73(7,8)39-38-72(63,5)6)29-36-65(62)77(67(60)45-54)68-43-51(37-40-74-68)71(2,3)4/h9-37,40-46H,38-39H2,1-8H3/i9D,10D,11D,12D,13D,14D,19D,20D,21D,22D. The van der Waals surface area contributed by atoms with Crippen LogP contribution < -0.4 is 4.74 Å². The molecule has 1 aliphatic rings. The van der Waals surface area contributed by atoms with Crippen molar-refractivity contribution in [3.05, 3.63) is 234 Å². The average Bonchev–Trinajstić information content (AvgIpc) is 1.42. The molecule has 1 aliphatic carbocycles. The van der Waals surface area contributed by atoms with E-state index >= 15 is 0 Å². The number of hydrogen-bond acceptors (Lipinski definition) is 3. The Morgan fingerprint density at radius 1 is 0.551 bits per heavy atom. The van der Waals surface area contributed by atoms with Crippen LogP contribution in [0.15, 0.2) is 217 Å². The lowest BCUT2D eigenvalue weighted by Gasteiger charge is -2.42. The lowest BCUT2D eigenvalue weighted by molar-refractivity contribution is 0.332. The molecular weight excluding hydrogens is 949 g/mol. The number of aromatic nitrogens is 3. The minimum Gasteiger partial charge on any atom is -0.457 e. The quantitative estimate of drug-likeness (QED) is 0.118. The first-order valence-electron chi connectivity index (χ1n) is 31.7. The summed E-state index contributed by atoms with van der Waals surface area (Å²) in [7, 11) is 0. The molecule has 5 nitrogen and oxygen atoms in total. The zero-order valence-corrected chi connectivity index (χ0v) is 45.1. The fraction of sp³-hybridized carbons (Fsp3) is 0.178. The lowest BCUT2D eigenvalue weighted by Crippen LogP contribution is -2.33. The molecule has 3 heterocycles. The van der Waals surface area contributed by atoms with Gasteiger partial charge in [-0.25, -0.2) is 9.98 Å². The van der Waals surface area contributed by atoms with Gasteiger partial charge in [0, 0.05) is 39.9 Å². The smallest absolute Gasteiger partial charge is 0.137 e. The molecule has 0 atom stereocenters. The summed E-state index contributed by atoms with van der Waals surface area (Å²) < 4.78 is 99.6. The highest BCUT2D eigenvalue weighted by Crippen LogP contribution is 2.48. The van der Waals surface area contributed by atoms with Crippen molar-refractivity contribution in [2.75, 3.05) is 0 Å². The second-order valence-corrected chi connectivity index (χ2v) is 23.0. The highest BCUT2D eigenvalue weighted by Gasteiger charge is 2.37. The lowest BCUT2D eigenvalue weighted by atomic mass is 9.63. The predicted molar refractivity (Wildman–Crippen MR) is 330 cm³/mol. The van der Waals surface area contributed by atoms with E-state index in [-0.39, 0.29) is 39.6 Å². The summed E-state index contributed by atoms with van der Waals surface area (Å²) in [5.74, 6) is 1.71. The normalized spacial score (nSPS) is 16.0. The summed E-state index contributed by atoms with van der Waals surface area (Å²) in [5, 5.41) is 6.40. The van der Waals surface area contributed by atoms with E-state index < -0.39 is 48.3 Å². The molecule has 0 fully saturated rings. The van der Waals surface area contributed by atoms with E-state index in [4.69, 9.17) is 25.7 Å². The maximum atomic E-state index is 9.33. The number of benzene rings is 9. The van der Waals surface area contributed by atoms with Crippen molar-refractivity contribution in [2.45, 2.75) is 84.5 Å². The van der Waals surface area contributed by atoms with Gasteiger partial charge in [0.15, 0.2) is 0 Å². The van der Waals surface area contributed by atoms with Crippen molar-refractivity contribution < 1.29 is 18.4 Å². The Morgan fingerprint density at radius 3 is 1.86 bits per heavy atom. The average molecular weight is 1020 g/mol. The molecule has 0 spiro atoms. The van der Waals surface area contributed by atoms with Crippen LogP contribution in [0, 0.1) is 6.92 Å². The van der Waals surface area contributed by atoms with Crippen LogP contribution in [0.2, 0.25) is 0 Å². The first-order chi connectivity index (χ1) is 41.8. The molecule has 0 unspecified atom stereocenters. The number of ether oxygens (including phenoxy) is 1. The fourth-order valence-electron chi connectivity index (χ4n) is 11.8. The molecular formula is C73H64N4O. The molecule has 0 saturated carbocycles. The van der Waals surface area contributed by atoms with E-state index in [0.29, 0.717) is 49.8 Å². The van der Waals surface area contributed by atoms with Crippen LogP contribution in [0.25, 0.3) is 93.2 Å². The van der Waals surface area contributed by atoms with Gasteiger partial charge >= 0.3 is 0 Å². The Kier molecular flexibility index (Phi) is 9.30. The number of aliphatic imine (C=N–C) groups is 1. The molecule has 9 aromatic carbocycles. The van der Waals surface area contributed by atoms with Crippen LogP contribution >= 0.6 is 0 Å². The summed E-state index contributed by atoms with van der Waals surface area (Å²) in [5.41, 5.74) is 9.76. The molecule has 13 rings (SSSR count). The summed E-state index contributed by atoms with van der Waals surface area (Å²) in [4.78, 5) is 9.82. The number of rotatable bonds is 7. The zero-order chi connectivity index (χ0) is 62.2. The van der Waals surface area contributed by atoms with Crippen LogP contribution in [-0.2, 0) is 16.2 Å². The molecule has 3 aromatic heterocycles. The largest absolute Gasteiger partial charge is 0.457 e. The maximum Gasteiger partial charge on any atom is 0.137 e. The van der Waals surface area contributed by atoms with Crippen molar-refractivity contribution in [1.82, 2.24) is 14.1 Å². The second-order valence-electron chi connectivity index (χ2n) is 23.0. The van der Waals surface area contributed by atoms with Gasteiger partial charge in [-0.1, -0.05) is 182 Å². The topological polar surface area (TPSA) is 44.3 Å². The van der Waals surface area contributed by atoms with E-state index in [9.17, 15) is 2.74 Å². The van der Waals surface area contributed by atoms with Crippen molar-refractivity contribution in [2.24, 2.45) is 4.99 Å². The Balaban J connectivity index is 1.09. The maximum absolute atomic E-state index is 9.33. The fourth-order valence-corrected chi connectivity index (χ4v) is 11.8. The molecule has 0 N–H and O–H groups in total. The molecule has 12 aromatic rings. The van der Waals surface area contributed by atoms with Crippen molar-refractivity contribution in [3.63, 3.8) is 0 Å². The van der Waals surface area contributed by atoms with Crippen LogP contribution in [0.5, 0.6) is 11.5 Å². The van der Waals surface area contributed by atoms with E-state index in [1.54, 1.807) is 10.6 Å². The van der Waals surface area contributed by atoms with E-state index in [2.05, 4.69) is 108 Å². The van der Waals surface area contributed by atoms with Gasteiger partial charge in [-0.05, 0) is 163 Å². The Hall–Kier alpha value is -8.80. The number of para-hydroxylation sites is 1. The molecule has 0 radical (unpaired) electrons. The number of aryl methyl sites for hydroxylation is 1. The molecule has 0 bridgehead atoms. The summed E-state index contributed by atoms with van der Waals surface area (Å²) >= 11 is 0. The minimum atomic E-state index is -0.557. The molecule has 0 aliphatic heterocycles. The molecule has 0 saturated heterocycles. The molecule has 382 valence electrons. The second kappa shape index (κ2) is 18.7. The van der Waals surface area contributed by atoms with Gasteiger partial charge in [0.1, 0.15) is 23.7 Å². The third-order valence-corrected chi connectivity index (χ3v) is 16.1. The Labute approximate surface area is 471 Å². The van der Waals surface area contributed by atoms with Crippen molar-refractivity contribution >= 4 is 77.2 Å². The van der Waals surface area contributed by atoms with E-state index in [1.807, 2.05) is 98.0 Å². The number of pyridine rings is 1. The first-order valence-corrected chi connectivity index (χ1v) is 26.7. The third kappa shape index (κ3) is 8.49. The van der Waals surface area contributed by atoms with E-state index in [1.165, 1.54) is 17.5 Å². The van der Waals surface area contributed by atoms with Gasteiger partial charge in [0.05, 0.1) is 41.5 Å². The minimum absolute atomic E-state index is 0.0134. The van der Waals surface area contributed by atoms with Gasteiger partial charge in [-0.3, -0.25) is 9.13 Å². The summed E-state index contributed by atoms with van der Waals surface area (Å²) in [6.07, 6.45) is 5.56. The van der Waals surface area contributed by atoms with Gasteiger partial charge in [0.25, 0.3) is 0 Å². The van der Waals surface area contributed by atoms with Crippen LogP contribution in [-0.4, -0.2) is 20.5 Å². The molecule has 0 amide bonds. The number of nitrogens with zero attached hydrogens (tertiary/aromatic N) is 4. The number of fused-ring (bicyclic) bond motifs is 11. The Morgan fingerprint density at radius 2 is 1.15 bits per heavy atom. The first kappa shape index (κ1) is 38.7. The summed E-state index contributed by atoms with van der Waals surface area (Å²) in [6, 6.07) is 44.2. The highest BCUT2D eigenvalue weighted by molar-refractivity contribution is 6.23. The van der Waals surface area contributed by atoms with Crippen LogP contribution in [0.1, 0.15) is 97.3 Å². The van der Waals surface area contributed by atoms with Crippen LogP contribution in [0.4, 0.5) is 5.69 Å². The van der Waals surface area contributed by atoms with Gasteiger partial charge in [-0.2, -0.15) is 0 Å². The van der Waals surface area contributed by atoms with Gasteiger partial charge in [0.2, 0.25) is 0 Å². The summed E-state index contributed by atoms with van der Waals surface area (Å²) in [6.45, 7) is 17.9. The Bertz CT molecular complexity index is 5030. The predicted octanol–water partition coefficient (Wildman–Crippen LogP) is 20.0. The number of hydrogen-bond donors (Lipinski definition) is 0. The van der Waals surface area contributed by atoms with Gasteiger partial charge in [-0.15, -0.1) is 0 Å². The van der Waals surface area contributed by atoms with Gasteiger partial charge < -0.3 is 4.74 Å². The molecule has 78 heavy (non-hydrogen) atoms. The van der Waals surface area contributed by atoms with Crippen molar-refractivity contribution in [3.8, 4) is 39.6 Å². The molecule has 5 heteroatoms. The zero-order valence-electron chi connectivity index (χ0n) is 55.1. The van der Waals surface area contributed by atoms with E-state index in [0.717, 1.165) is 73.3 Å². The monoisotopic (exact) mass is 1020 g/mol.